The Hall–Kier alpha value is -2.11. The molecule has 0 N–H and O–H groups in total. The summed E-state index contributed by atoms with van der Waals surface area (Å²) in [6.45, 7) is 0. The van der Waals surface area contributed by atoms with Gasteiger partial charge < -0.3 is 4.74 Å². The fourth-order valence-electron chi connectivity index (χ4n) is 2.30. The molecule has 0 spiro atoms. The molecule has 0 radical (unpaired) electrons. The molecule has 1 fully saturated rings. The van der Waals surface area contributed by atoms with E-state index < -0.39 is 5.60 Å². The molecule has 18 heavy (non-hydrogen) atoms. The van der Waals surface area contributed by atoms with Crippen molar-refractivity contribution in [1.29, 1.82) is 5.26 Å². The molecule has 88 valence electrons. The summed E-state index contributed by atoms with van der Waals surface area (Å²) < 4.78 is 5.68. The van der Waals surface area contributed by atoms with Gasteiger partial charge in [0, 0.05) is 6.42 Å². The average molecular weight is 235 g/mol. The highest BCUT2D eigenvalue weighted by atomic mass is 16.6. The molecule has 1 aliphatic rings. The molecule has 1 aliphatic heterocycles. The topological polar surface area (TPSA) is 36.3 Å². The number of nitriles is 1. The normalized spacial score (nSPS) is 25.4. The predicted octanol–water partition coefficient (Wildman–Crippen LogP) is 3.26. The van der Waals surface area contributed by atoms with E-state index in [0.717, 1.165) is 11.1 Å². The largest absolute Gasteiger partial charge is 0.345 e. The van der Waals surface area contributed by atoms with Gasteiger partial charge in [0.25, 0.3) is 0 Å². The summed E-state index contributed by atoms with van der Waals surface area (Å²) in [4.78, 5) is 0. The summed E-state index contributed by atoms with van der Waals surface area (Å²) in [5, 5.41) is 9.37. The summed E-state index contributed by atoms with van der Waals surface area (Å²) >= 11 is 0. The maximum atomic E-state index is 9.37. The van der Waals surface area contributed by atoms with Gasteiger partial charge in [0.1, 0.15) is 12.2 Å². The van der Waals surface area contributed by atoms with Crippen molar-refractivity contribution >= 4 is 0 Å². The predicted molar refractivity (Wildman–Crippen MR) is 68.8 cm³/mol. The highest BCUT2D eigenvalue weighted by Gasteiger charge is 2.57. The highest BCUT2D eigenvalue weighted by Crippen LogP contribution is 2.51. The number of nitrogens with zero attached hydrogens (tertiary/aromatic N) is 1. The Labute approximate surface area is 106 Å². The molecule has 2 heteroatoms. The van der Waals surface area contributed by atoms with Crippen molar-refractivity contribution in [2.45, 2.75) is 18.1 Å². The summed E-state index contributed by atoms with van der Waals surface area (Å²) in [6, 6.07) is 22.3. The zero-order chi connectivity index (χ0) is 12.4. The van der Waals surface area contributed by atoms with Gasteiger partial charge in [-0.2, -0.15) is 5.26 Å². The summed E-state index contributed by atoms with van der Waals surface area (Å²) in [6.07, 6.45) is 0.549. The van der Waals surface area contributed by atoms with Crippen molar-refractivity contribution in [1.82, 2.24) is 0 Å². The molecular formula is C16H13NO. The van der Waals surface area contributed by atoms with Crippen LogP contribution in [0.5, 0.6) is 0 Å². The standard InChI is InChI=1S/C16H13NO/c17-12-16(11-13-7-3-1-4-8-13)15(18-16)14-9-5-2-6-10-14/h1-10,15H,11H2. The second-order valence-corrected chi connectivity index (χ2v) is 4.57. The molecule has 0 aliphatic carbocycles. The van der Waals surface area contributed by atoms with Gasteiger partial charge in [0.15, 0.2) is 5.60 Å². The number of benzene rings is 2. The number of epoxide rings is 1. The van der Waals surface area contributed by atoms with E-state index >= 15 is 0 Å². The fraction of sp³-hybridized carbons (Fsp3) is 0.188. The van der Waals surface area contributed by atoms with Gasteiger partial charge in [0.05, 0.1) is 0 Å². The molecule has 2 atom stereocenters. The lowest BCUT2D eigenvalue weighted by atomic mass is 9.94. The monoisotopic (exact) mass is 235 g/mol. The summed E-state index contributed by atoms with van der Waals surface area (Å²) in [5.74, 6) is 0. The minimum Gasteiger partial charge on any atom is -0.345 e. The molecule has 0 aromatic heterocycles. The average Bonchev–Trinajstić information content (AvgIpc) is 3.16. The first-order valence-corrected chi connectivity index (χ1v) is 6.02. The molecule has 0 bridgehead atoms. The second-order valence-electron chi connectivity index (χ2n) is 4.57. The van der Waals surface area contributed by atoms with Crippen LogP contribution in [-0.2, 0) is 11.2 Å². The number of hydrogen-bond acceptors (Lipinski definition) is 2. The van der Waals surface area contributed by atoms with E-state index in [0.29, 0.717) is 6.42 Å². The Bertz CT molecular complexity index is 573. The van der Waals surface area contributed by atoms with Crippen LogP contribution in [0.15, 0.2) is 60.7 Å². The van der Waals surface area contributed by atoms with E-state index in [2.05, 4.69) is 6.07 Å². The van der Waals surface area contributed by atoms with Gasteiger partial charge in [-0.1, -0.05) is 60.7 Å². The maximum absolute atomic E-state index is 9.37. The van der Waals surface area contributed by atoms with E-state index in [1.165, 1.54) is 0 Å². The fourth-order valence-corrected chi connectivity index (χ4v) is 2.30. The molecule has 2 nitrogen and oxygen atoms in total. The Balaban J connectivity index is 1.82. The SMILES string of the molecule is N#CC1(Cc2ccccc2)OC1c1ccccc1. The van der Waals surface area contributed by atoms with Gasteiger partial charge >= 0.3 is 0 Å². The second kappa shape index (κ2) is 4.29. The first-order chi connectivity index (χ1) is 8.84. The minimum absolute atomic E-state index is 0.0936. The van der Waals surface area contributed by atoms with Crippen LogP contribution in [0.2, 0.25) is 0 Å². The summed E-state index contributed by atoms with van der Waals surface area (Å²) in [7, 11) is 0. The van der Waals surface area contributed by atoms with Crippen LogP contribution in [0.3, 0.4) is 0 Å². The Kier molecular flexibility index (Phi) is 2.62. The minimum atomic E-state index is -0.678. The van der Waals surface area contributed by atoms with Crippen molar-refractivity contribution < 1.29 is 4.74 Å². The molecule has 0 saturated carbocycles. The van der Waals surface area contributed by atoms with E-state index in [1.807, 2.05) is 60.7 Å². The van der Waals surface area contributed by atoms with Gasteiger partial charge in [-0.25, -0.2) is 0 Å². The van der Waals surface area contributed by atoms with Gasteiger partial charge in [0.2, 0.25) is 0 Å². The molecule has 2 unspecified atom stereocenters. The molecule has 1 saturated heterocycles. The van der Waals surface area contributed by atoms with Crippen molar-refractivity contribution in [2.24, 2.45) is 0 Å². The maximum Gasteiger partial charge on any atom is 0.189 e. The zero-order valence-electron chi connectivity index (χ0n) is 9.91. The lowest BCUT2D eigenvalue weighted by Crippen LogP contribution is -2.13. The first kappa shape index (κ1) is 11.0. The summed E-state index contributed by atoms with van der Waals surface area (Å²) in [5.41, 5.74) is 1.54. The smallest absolute Gasteiger partial charge is 0.189 e. The molecule has 2 aromatic carbocycles. The van der Waals surface area contributed by atoms with Crippen LogP contribution < -0.4 is 0 Å². The third-order valence-corrected chi connectivity index (χ3v) is 3.30. The molecule has 0 amide bonds. The van der Waals surface area contributed by atoms with Gasteiger partial charge in [-0.3, -0.25) is 0 Å². The molecule has 1 heterocycles. The quantitative estimate of drug-likeness (QED) is 0.765. The first-order valence-electron chi connectivity index (χ1n) is 6.02. The van der Waals surface area contributed by atoms with E-state index in [1.54, 1.807) is 0 Å². The molecular weight excluding hydrogens is 222 g/mol. The lowest BCUT2D eigenvalue weighted by Gasteiger charge is -2.04. The van der Waals surface area contributed by atoms with E-state index in [9.17, 15) is 5.26 Å². The van der Waals surface area contributed by atoms with E-state index in [-0.39, 0.29) is 6.10 Å². The van der Waals surface area contributed by atoms with Crippen molar-refractivity contribution in [3.63, 3.8) is 0 Å². The Morgan fingerprint density at radius 3 is 2.22 bits per heavy atom. The third kappa shape index (κ3) is 1.90. The number of ether oxygens (including phenoxy) is 1. The van der Waals surface area contributed by atoms with Crippen LogP contribution in [0, 0.1) is 11.3 Å². The molecule has 3 rings (SSSR count). The van der Waals surface area contributed by atoms with Crippen LogP contribution in [0.4, 0.5) is 0 Å². The van der Waals surface area contributed by atoms with Crippen molar-refractivity contribution in [2.75, 3.05) is 0 Å². The van der Waals surface area contributed by atoms with Crippen molar-refractivity contribution in [3.05, 3.63) is 71.8 Å². The van der Waals surface area contributed by atoms with Gasteiger partial charge in [-0.05, 0) is 11.1 Å². The lowest BCUT2D eigenvalue weighted by molar-refractivity contribution is 0.335. The number of rotatable bonds is 3. The number of hydrogen-bond donors (Lipinski definition) is 0. The zero-order valence-corrected chi connectivity index (χ0v) is 9.91. The van der Waals surface area contributed by atoms with Crippen LogP contribution >= 0.6 is 0 Å². The van der Waals surface area contributed by atoms with Crippen molar-refractivity contribution in [3.8, 4) is 6.07 Å². The Morgan fingerprint density at radius 1 is 1.00 bits per heavy atom. The third-order valence-electron chi connectivity index (χ3n) is 3.30. The highest BCUT2D eigenvalue weighted by molar-refractivity contribution is 5.35. The van der Waals surface area contributed by atoms with E-state index in [4.69, 9.17) is 4.74 Å². The Morgan fingerprint density at radius 2 is 1.61 bits per heavy atom. The van der Waals surface area contributed by atoms with Gasteiger partial charge in [-0.15, -0.1) is 0 Å². The van der Waals surface area contributed by atoms with Crippen LogP contribution in [0.25, 0.3) is 0 Å². The molecule has 2 aromatic rings. The van der Waals surface area contributed by atoms with Crippen LogP contribution in [0.1, 0.15) is 17.2 Å². The van der Waals surface area contributed by atoms with Crippen LogP contribution in [-0.4, -0.2) is 5.60 Å².